The molecular formula is C33H34F3N5O3. The first-order valence-corrected chi connectivity index (χ1v) is 15.5. The summed E-state index contributed by atoms with van der Waals surface area (Å²) >= 11 is 0. The zero-order valence-corrected chi connectivity index (χ0v) is 24.4. The summed E-state index contributed by atoms with van der Waals surface area (Å²) in [5, 5.41) is 22.7. The van der Waals surface area contributed by atoms with Crippen molar-refractivity contribution in [1.82, 2.24) is 19.9 Å². The van der Waals surface area contributed by atoms with E-state index in [0.717, 1.165) is 25.8 Å². The maximum Gasteiger partial charge on any atom is 0.319 e. The topological polar surface area (TPSA) is 94.8 Å². The van der Waals surface area contributed by atoms with Gasteiger partial charge in [0.15, 0.2) is 5.82 Å². The van der Waals surface area contributed by atoms with Crippen molar-refractivity contribution in [2.75, 3.05) is 31.1 Å². The van der Waals surface area contributed by atoms with E-state index in [1.807, 2.05) is 11.8 Å². The number of pyridine rings is 1. The monoisotopic (exact) mass is 605 g/mol. The van der Waals surface area contributed by atoms with E-state index in [1.54, 1.807) is 6.07 Å². The number of hydrogen-bond donors (Lipinski definition) is 2. The minimum absolute atomic E-state index is 0.0197. The molecule has 230 valence electrons. The van der Waals surface area contributed by atoms with E-state index >= 15 is 4.39 Å². The van der Waals surface area contributed by atoms with Crippen LogP contribution in [-0.4, -0.2) is 80.2 Å². The molecule has 2 N–H and O–H groups in total. The number of fused-ring (bicyclic) bond motifs is 5. The Morgan fingerprint density at radius 2 is 2.00 bits per heavy atom. The molecular weight excluding hydrogens is 571 g/mol. The Morgan fingerprint density at radius 1 is 1.14 bits per heavy atom. The van der Waals surface area contributed by atoms with Crippen molar-refractivity contribution in [3.05, 3.63) is 47.7 Å². The molecule has 0 unspecified atom stereocenters. The lowest BCUT2D eigenvalue weighted by molar-refractivity contribution is 0.107. The highest BCUT2D eigenvalue weighted by atomic mass is 19.1. The Kier molecular flexibility index (Phi) is 6.43. The fourth-order valence-electron chi connectivity index (χ4n) is 8.41. The van der Waals surface area contributed by atoms with Crippen molar-refractivity contribution in [3.63, 3.8) is 0 Å². The van der Waals surface area contributed by atoms with Crippen LogP contribution in [0.3, 0.4) is 0 Å². The summed E-state index contributed by atoms with van der Waals surface area (Å²) in [5.74, 6) is -0.525. The standard InChI is InChI=1S/C33H34F3N5O3/c1-2-21-24(35)5-4-18-10-20(42)11-22(27(18)21)29-28(36)30-23(13-37-29)31(41-14-17-8-25(41)26(43)9-17)39-32(38-30)44-16-33-6-3-7-40(33)15-19(34)12-33/h4-5,10-11,13,17,19,25-26,42-43H,2-3,6-9,12,14-16H2,1H3/t17-,19+,25+,26-,33-/m0/s1. The molecule has 8 nitrogen and oxygen atoms in total. The van der Waals surface area contributed by atoms with Crippen molar-refractivity contribution in [2.45, 2.75) is 69.3 Å². The van der Waals surface area contributed by atoms with E-state index in [4.69, 9.17) is 9.72 Å². The SMILES string of the molecule is CCc1c(F)ccc2cc(O)cc(-c3ncc4c(N5C[C@H]6C[C@@H]5[C@@H](O)C6)nc(OC[C@@]56CCCN5C[C@H](F)C6)nc4c3F)c12. The molecule has 5 heterocycles. The highest BCUT2D eigenvalue weighted by Gasteiger charge is 2.50. The van der Waals surface area contributed by atoms with Gasteiger partial charge in [0.2, 0.25) is 0 Å². The molecule has 2 aromatic heterocycles. The van der Waals surface area contributed by atoms with Crippen molar-refractivity contribution >= 4 is 27.5 Å². The van der Waals surface area contributed by atoms with Gasteiger partial charge in [0.25, 0.3) is 0 Å². The summed E-state index contributed by atoms with van der Waals surface area (Å²) in [6.07, 6.45) is 4.09. The fraction of sp³-hybridized carbons (Fsp3) is 0.485. The summed E-state index contributed by atoms with van der Waals surface area (Å²) in [5.41, 5.74) is 0.123. The summed E-state index contributed by atoms with van der Waals surface area (Å²) in [4.78, 5) is 17.9. The maximum atomic E-state index is 16.8. The first-order valence-electron chi connectivity index (χ1n) is 15.5. The van der Waals surface area contributed by atoms with Gasteiger partial charge in [-0.25, -0.2) is 13.2 Å². The predicted octanol–water partition coefficient (Wildman–Crippen LogP) is 5.31. The van der Waals surface area contributed by atoms with Crippen molar-refractivity contribution in [1.29, 1.82) is 0 Å². The quantitative estimate of drug-likeness (QED) is 0.306. The van der Waals surface area contributed by atoms with E-state index in [9.17, 15) is 19.0 Å². The van der Waals surface area contributed by atoms with Crippen molar-refractivity contribution in [3.8, 4) is 23.0 Å². The molecule has 4 aliphatic rings. The summed E-state index contributed by atoms with van der Waals surface area (Å²) in [7, 11) is 0. The molecule has 2 aromatic carbocycles. The molecule has 4 aromatic rings. The highest BCUT2D eigenvalue weighted by molar-refractivity contribution is 6.01. The van der Waals surface area contributed by atoms with Crippen LogP contribution in [0.4, 0.5) is 19.0 Å². The first-order chi connectivity index (χ1) is 21.2. The first kappa shape index (κ1) is 27.8. The minimum Gasteiger partial charge on any atom is -0.508 e. The number of phenols is 1. The lowest BCUT2D eigenvalue weighted by atomic mass is 9.94. The molecule has 0 amide bonds. The normalized spacial score (nSPS) is 28.1. The van der Waals surface area contributed by atoms with Crippen LogP contribution >= 0.6 is 0 Å². The molecule has 2 bridgehead atoms. The third-order valence-corrected chi connectivity index (χ3v) is 10.4. The van der Waals surface area contributed by atoms with Crippen molar-refractivity contribution in [2.24, 2.45) is 5.92 Å². The van der Waals surface area contributed by atoms with Crippen LogP contribution in [0.2, 0.25) is 0 Å². The number of alkyl halides is 1. The van der Waals surface area contributed by atoms with Crippen LogP contribution in [0, 0.1) is 17.6 Å². The number of nitrogens with zero attached hydrogens (tertiary/aromatic N) is 5. The van der Waals surface area contributed by atoms with Gasteiger partial charge in [-0.1, -0.05) is 13.0 Å². The number of rotatable bonds is 6. The molecule has 3 aliphatic heterocycles. The van der Waals surface area contributed by atoms with Gasteiger partial charge in [0.1, 0.15) is 41.4 Å². The number of ether oxygens (including phenoxy) is 1. The predicted molar refractivity (Wildman–Crippen MR) is 160 cm³/mol. The smallest absolute Gasteiger partial charge is 0.319 e. The van der Waals surface area contributed by atoms with Crippen LogP contribution in [0.5, 0.6) is 11.8 Å². The lowest BCUT2D eigenvalue weighted by Gasteiger charge is -2.33. The average Bonchev–Trinajstić information content (AvgIpc) is 3.75. The Hall–Kier alpha value is -3.70. The number of benzene rings is 2. The zero-order chi connectivity index (χ0) is 30.3. The molecule has 3 saturated heterocycles. The molecule has 1 aliphatic carbocycles. The van der Waals surface area contributed by atoms with E-state index in [1.165, 1.54) is 24.4 Å². The minimum atomic E-state index is -0.922. The summed E-state index contributed by atoms with van der Waals surface area (Å²) < 4.78 is 52.3. The summed E-state index contributed by atoms with van der Waals surface area (Å²) in [6.45, 7) is 3.85. The van der Waals surface area contributed by atoms with Crippen LogP contribution in [-0.2, 0) is 6.42 Å². The number of halogens is 3. The molecule has 0 spiro atoms. The van der Waals surface area contributed by atoms with Gasteiger partial charge < -0.3 is 19.8 Å². The Bertz CT molecular complexity index is 1810. The second-order valence-corrected chi connectivity index (χ2v) is 13.0. The van der Waals surface area contributed by atoms with Gasteiger partial charge in [-0.15, -0.1) is 0 Å². The Labute approximate surface area is 252 Å². The van der Waals surface area contributed by atoms with Crippen LogP contribution in [0.1, 0.15) is 44.6 Å². The number of aryl methyl sites for hydroxylation is 1. The molecule has 8 rings (SSSR count). The highest BCUT2D eigenvalue weighted by Crippen LogP contribution is 2.45. The zero-order valence-electron chi connectivity index (χ0n) is 24.4. The Morgan fingerprint density at radius 3 is 2.80 bits per heavy atom. The van der Waals surface area contributed by atoms with Crippen molar-refractivity contribution < 1.29 is 28.1 Å². The fourth-order valence-corrected chi connectivity index (χ4v) is 8.41. The number of aromatic hydroxyl groups is 1. The molecule has 11 heteroatoms. The largest absolute Gasteiger partial charge is 0.508 e. The van der Waals surface area contributed by atoms with Gasteiger partial charge in [-0.3, -0.25) is 9.88 Å². The third-order valence-electron chi connectivity index (χ3n) is 10.4. The van der Waals surface area contributed by atoms with Crippen LogP contribution in [0.25, 0.3) is 32.9 Å². The number of anilines is 1. The van der Waals surface area contributed by atoms with Gasteiger partial charge in [0.05, 0.1) is 23.1 Å². The third kappa shape index (κ3) is 4.23. The van der Waals surface area contributed by atoms with Gasteiger partial charge in [-0.2, -0.15) is 9.97 Å². The second kappa shape index (κ2) is 10.2. The molecule has 5 atom stereocenters. The maximum absolute atomic E-state index is 16.8. The molecule has 1 saturated carbocycles. The number of aliphatic hydroxyl groups excluding tert-OH is 1. The lowest BCUT2D eigenvalue weighted by Crippen LogP contribution is -2.44. The van der Waals surface area contributed by atoms with Gasteiger partial charge in [0, 0.05) is 31.3 Å². The number of piperidine rings is 1. The van der Waals surface area contributed by atoms with Crippen LogP contribution < -0.4 is 9.64 Å². The second-order valence-electron chi connectivity index (χ2n) is 13.0. The summed E-state index contributed by atoms with van der Waals surface area (Å²) in [6, 6.07) is 5.64. The van der Waals surface area contributed by atoms with Crippen LogP contribution in [0.15, 0.2) is 30.5 Å². The number of phenolic OH excluding ortho intramolecular Hbond substituents is 1. The van der Waals surface area contributed by atoms with Gasteiger partial charge >= 0.3 is 6.01 Å². The van der Waals surface area contributed by atoms with E-state index < -0.39 is 29.4 Å². The Balaban J connectivity index is 1.28. The van der Waals surface area contributed by atoms with E-state index in [2.05, 4.69) is 14.9 Å². The average molecular weight is 606 g/mol. The van der Waals surface area contributed by atoms with E-state index in [0.29, 0.717) is 65.8 Å². The number of hydrogen-bond acceptors (Lipinski definition) is 8. The van der Waals surface area contributed by atoms with Gasteiger partial charge in [-0.05, 0) is 79.1 Å². The molecule has 44 heavy (non-hydrogen) atoms. The van der Waals surface area contributed by atoms with E-state index in [-0.39, 0.29) is 41.2 Å². The molecule has 4 fully saturated rings. The number of aliphatic hydroxyl groups is 1. The number of aromatic nitrogens is 3. The molecule has 0 radical (unpaired) electrons.